The van der Waals surface area contributed by atoms with E-state index < -0.39 is 28.1 Å². The number of nitro benzene ring substituents is 1. The summed E-state index contributed by atoms with van der Waals surface area (Å²) >= 11 is 0. The van der Waals surface area contributed by atoms with Crippen molar-refractivity contribution in [2.45, 2.75) is 0 Å². The van der Waals surface area contributed by atoms with Crippen molar-refractivity contribution in [3.05, 3.63) is 69.8 Å². The molecule has 0 saturated carbocycles. The van der Waals surface area contributed by atoms with E-state index >= 15 is 0 Å². The first-order valence-electron chi connectivity index (χ1n) is 5.85. The number of carbonyl (C=O) groups is 2. The Morgan fingerprint density at radius 1 is 1.05 bits per heavy atom. The van der Waals surface area contributed by atoms with Gasteiger partial charge < -0.3 is 15.2 Å². The summed E-state index contributed by atoms with van der Waals surface area (Å²) in [6.45, 7) is 0. The summed E-state index contributed by atoms with van der Waals surface area (Å²) in [5.41, 5.74) is -0.574. The number of nitrogens with zero attached hydrogens (tertiary/aromatic N) is 1. The number of anilines is 1. The van der Waals surface area contributed by atoms with Crippen LogP contribution in [0.25, 0.3) is 0 Å². The lowest BCUT2D eigenvalue weighted by molar-refractivity contribution is -0.385. The molecule has 1 N–H and O–H groups in total. The molecule has 0 spiro atoms. The molecule has 106 valence electrons. The average molecular weight is 285 g/mol. The molecule has 0 heterocycles. The van der Waals surface area contributed by atoms with Crippen molar-refractivity contribution < 1.29 is 19.6 Å². The zero-order chi connectivity index (χ0) is 15.4. The van der Waals surface area contributed by atoms with Crippen molar-refractivity contribution in [2.24, 2.45) is 0 Å². The van der Waals surface area contributed by atoms with Crippen molar-refractivity contribution in [1.29, 1.82) is 0 Å². The normalized spacial score (nSPS) is 9.90. The molecular formula is C14H9N2O5-. The van der Waals surface area contributed by atoms with Crippen molar-refractivity contribution >= 4 is 23.3 Å². The fraction of sp³-hybridized carbons (Fsp3) is 0. The summed E-state index contributed by atoms with van der Waals surface area (Å²) in [6.07, 6.45) is 0. The highest BCUT2D eigenvalue weighted by molar-refractivity contribution is 6.07. The second kappa shape index (κ2) is 5.83. The van der Waals surface area contributed by atoms with E-state index in [9.17, 15) is 24.8 Å². The lowest BCUT2D eigenvalue weighted by Crippen LogP contribution is -2.25. The van der Waals surface area contributed by atoms with Crippen LogP contribution < -0.4 is 10.4 Å². The summed E-state index contributed by atoms with van der Waals surface area (Å²) in [7, 11) is 0. The molecule has 0 atom stereocenters. The van der Waals surface area contributed by atoms with Crippen LogP contribution in [0.15, 0.2) is 48.5 Å². The number of hydrogen-bond donors (Lipinski definition) is 1. The minimum Gasteiger partial charge on any atom is -0.545 e. The molecule has 0 aliphatic rings. The molecule has 7 heteroatoms. The Balaban J connectivity index is 2.34. The van der Waals surface area contributed by atoms with Gasteiger partial charge in [-0.15, -0.1) is 0 Å². The molecule has 21 heavy (non-hydrogen) atoms. The van der Waals surface area contributed by atoms with Crippen molar-refractivity contribution in [3.8, 4) is 0 Å². The van der Waals surface area contributed by atoms with Gasteiger partial charge in [0.25, 0.3) is 11.6 Å². The maximum atomic E-state index is 11.9. The minimum atomic E-state index is -1.61. The van der Waals surface area contributed by atoms with Crippen LogP contribution in [0.1, 0.15) is 20.7 Å². The smallest absolute Gasteiger partial charge is 0.270 e. The van der Waals surface area contributed by atoms with Crippen LogP contribution in [0.3, 0.4) is 0 Å². The number of benzene rings is 2. The predicted molar refractivity (Wildman–Crippen MR) is 71.8 cm³/mol. The summed E-state index contributed by atoms with van der Waals surface area (Å²) in [6, 6.07) is 11.3. The zero-order valence-electron chi connectivity index (χ0n) is 10.6. The van der Waals surface area contributed by atoms with Gasteiger partial charge in [0.15, 0.2) is 0 Å². The summed E-state index contributed by atoms with van der Waals surface area (Å²) in [4.78, 5) is 32.9. The third-order valence-electron chi connectivity index (χ3n) is 2.72. The molecule has 7 nitrogen and oxygen atoms in total. The van der Waals surface area contributed by atoms with Crippen molar-refractivity contribution in [2.75, 3.05) is 5.32 Å². The van der Waals surface area contributed by atoms with E-state index in [4.69, 9.17) is 0 Å². The number of carboxylic acids is 1. The topological polar surface area (TPSA) is 112 Å². The summed E-state index contributed by atoms with van der Waals surface area (Å²) in [5, 5.41) is 24.1. The van der Waals surface area contributed by atoms with Crippen LogP contribution in [0, 0.1) is 10.1 Å². The number of amides is 1. The molecule has 0 radical (unpaired) electrons. The van der Waals surface area contributed by atoms with Gasteiger partial charge in [-0.25, -0.2) is 0 Å². The van der Waals surface area contributed by atoms with E-state index in [-0.39, 0.29) is 5.69 Å². The lowest BCUT2D eigenvalue weighted by atomic mass is 10.1. The number of hydrogen-bond acceptors (Lipinski definition) is 5. The third kappa shape index (κ3) is 3.21. The van der Waals surface area contributed by atoms with Gasteiger partial charge in [0, 0.05) is 23.3 Å². The fourth-order valence-electron chi connectivity index (χ4n) is 1.71. The Labute approximate surface area is 119 Å². The fourth-order valence-corrected chi connectivity index (χ4v) is 1.71. The number of nitrogens with one attached hydrogen (secondary N) is 1. The maximum absolute atomic E-state index is 11.9. The Bertz CT molecular complexity index is 713. The minimum absolute atomic E-state index is 0.0607. The highest BCUT2D eigenvalue weighted by Crippen LogP contribution is 2.22. The Morgan fingerprint density at radius 3 is 2.29 bits per heavy atom. The second-order valence-electron chi connectivity index (χ2n) is 4.09. The summed E-state index contributed by atoms with van der Waals surface area (Å²) in [5.74, 6) is -2.13. The van der Waals surface area contributed by atoms with Crippen LogP contribution in [0.5, 0.6) is 0 Å². The van der Waals surface area contributed by atoms with Crippen molar-refractivity contribution in [1.82, 2.24) is 0 Å². The molecule has 0 aliphatic heterocycles. The molecule has 2 aromatic rings. The van der Waals surface area contributed by atoms with Gasteiger partial charge in [0.2, 0.25) is 0 Å². The van der Waals surface area contributed by atoms with E-state index in [1.54, 1.807) is 30.3 Å². The largest absolute Gasteiger partial charge is 0.545 e. The molecular weight excluding hydrogens is 276 g/mol. The molecule has 0 fully saturated rings. The number of carbonyl (C=O) groups excluding carboxylic acids is 2. The van der Waals surface area contributed by atoms with Crippen LogP contribution in [-0.4, -0.2) is 16.8 Å². The number of carboxylic acid groups (broad SMARTS) is 1. The van der Waals surface area contributed by atoms with E-state index in [0.29, 0.717) is 5.56 Å². The molecule has 0 aromatic heterocycles. The molecule has 0 saturated heterocycles. The van der Waals surface area contributed by atoms with E-state index in [2.05, 4.69) is 5.32 Å². The highest BCUT2D eigenvalue weighted by atomic mass is 16.6. The Kier molecular flexibility index (Phi) is 3.94. The van der Waals surface area contributed by atoms with Gasteiger partial charge in [-0.1, -0.05) is 18.2 Å². The standard InChI is InChI=1S/C14H10N2O5/c17-13(9-4-2-1-3-5-9)15-12-7-6-10(16(20)21)8-11(12)14(18)19/h1-8H,(H,15,17)(H,18,19)/p-1. The molecule has 0 bridgehead atoms. The van der Waals surface area contributed by atoms with Crippen molar-refractivity contribution in [3.63, 3.8) is 0 Å². The van der Waals surface area contributed by atoms with Gasteiger partial charge in [-0.3, -0.25) is 14.9 Å². The second-order valence-corrected chi connectivity index (χ2v) is 4.09. The number of rotatable bonds is 4. The van der Waals surface area contributed by atoms with Gasteiger partial charge in [0.1, 0.15) is 0 Å². The molecule has 0 unspecified atom stereocenters. The van der Waals surface area contributed by atoms with E-state index in [0.717, 1.165) is 18.2 Å². The van der Waals surface area contributed by atoms with Crippen LogP contribution >= 0.6 is 0 Å². The van der Waals surface area contributed by atoms with Crippen LogP contribution in [0.2, 0.25) is 0 Å². The number of non-ortho nitro benzene ring substituents is 1. The lowest BCUT2D eigenvalue weighted by Gasteiger charge is -2.11. The molecule has 1 amide bonds. The quantitative estimate of drug-likeness (QED) is 0.670. The molecule has 2 rings (SSSR count). The van der Waals surface area contributed by atoms with Gasteiger partial charge >= 0.3 is 0 Å². The predicted octanol–water partition coefficient (Wildman–Crippen LogP) is 1.21. The number of aromatic carboxylic acids is 1. The number of nitro groups is 1. The monoisotopic (exact) mass is 285 g/mol. The van der Waals surface area contributed by atoms with Crippen LogP contribution in [-0.2, 0) is 0 Å². The summed E-state index contributed by atoms with van der Waals surface area (Å²) < 4.78 is 0. The van der Waals surface area contributed by atoms with Crippen LogP contribution in [0.4, 0.5) is 11.4 Å². The first-order chi connectivity index (χ1) is 9.99. The third-order valence-corrected chi connectivity index (χ3v) is 2.72. The zero-order valence-corrected chi connectivity index (χ0v) is 10.6. The first kappa shape index (κ1) is 14.2. The van der Waals surface area contributed by atoms with E-state index in [1.165, 1.54) is 0 Å². The van der Waals surface area contributed by atoms with Gasteiger partial charge in [-0.2, -0.15) is 0 Å². The van der Waals surface area contributed by atoms with Gasteiger partial charge in [-0.05, 0) is 18.2 Å². The Hall–Kier alpha value is -3.22. The first-order valence-corrected chi connectivity index (χ1v) is 5.85. The van der Waals surface area contributed by atoms with E-state index in [1.807, 2.05) is 0 Å². The molecule has 2 aromatic carbocycles. The molecule has 0 aliphatic carbocycles. The highest BCUT2D eigenvalue weighted by Gasteiger charge is 2.14. The maximum Gasteiger partial charge on any atom is 0.270 e. The SMILES string of the molecule is O=C(Nc1ccc([N+](=O)[O-])cc1C(=O)[O-])c1ccccc1. The Morgan fingerprint density at radius 2 is 1.71 bits per heavy atom. The van der Waals surface area contributed by atoms with Gasteiger partial charge in [0.05, 0.1) is 16.6 Å². The average Bonchev–Trinajstić information content (AvgIpc) is 2.48.